The number of hydrogen-bond acceptors (Lipinski definition) is 8. The number of benzene rings is 1. The van der Waals surface area contributed by atoms with E-state index in [1.54, 1.807) is 6.07 Å². The zero-order valence-corrected chi connectivity index (χ0v) is 32.2. The highest BCUT2D eigenvalue weighted by molar-refractivity contribution is 7.85. The maximum absolute atomic E-state index is 13.3. The Morgan fingerprint density at radius 2 is 1.45 bits per heavy atom. The van der Waals surface area contributed by atoms with E-state index in [-0.39, 0.29) is 16.9 Å². The second-order valence-electron chi connectivity index (χ2n) is 13.7. The minimum Gasteiger partial charge on any atom is -0.501 e. The van der Waals surface area contributed by atoms with Crippen LogP contribution in [0, 0.1) is 6.92 Å². The van der Waals surface area contributed by atoms with Gasteiger partial charge >= 0.3 is 0 Å². The molecular weight excluding hydrogens is 661 g/mol. The van der Waals surface area contributed by atoms with E-state index in [0.717, 1.165) is 67.0 Å². The molecule has 0 bridgehead atoms. The van der Waals surface area contributed by atoms with E-state index in [9.17, 15) is 18.3 Å². The first-order valence-electron chi connectivity index (χ1n) is 18.5. The highest BCUT2D eigenvalue weighted by Crippen LogP contribution is 2.39. The molecule has 0 aliphatic rings. The summed E-state index contributed by atoms with van der Waals surface area (Å²) in [5.41, 5.74) is 0.716. The van der Waals surface area contributed by atoms with Crippen LogP contribution in [0.25, 0.3) is 21.6 Å². The summed E-state index contributed by atoms with van der Waals surface area (Å²) in [4.78, 5) is 16.3. The fraction of sp³-hybridized carbons (Fsp3) is 0.658. The summed E-state index contributed by atoms with van der Waals surface area (Å²) in [5.74, 6) is 0.145. The number of rotatable bonds is 25. The van der Waals surface area contributed by atoms with Gasteiger partial charge in [0.25, 0.3) is 10.1 Å². The van der Waals surface area contributed by atoms with Crippen LogP contribution >= 0.6 is 11.3 Å². The van der Waals surface area contributed by atoms with Crippen molar-refractivity contribution >= 4 is 37.4 Å². The SMILES string of the molecule is CCCCCCCCCCCC[N+](C)(CCCCS(=O)(=O)O)CCCOc1cc(C)c2oc(-c3ccc(N(CC)CC)s3)c(O)c(=O)c2c1. The van der Waals surface area contributed by atoms with Crippen molar-refractivity contribution in [3.05, 3.63) is 40.1 Å². The molecular formula is C38H61N2O7S2+. The van der Waals surface area contributed by atoms with Crippen LogP contribution in [0.3, 0.4) is 0 Å². The van der Waals surface area contributed by atoms with Gasteiger partial charge in [-0.1, -0.05) is 58.3 Å². The summed E-state index contributed by atoms with van der Waals surface area (Å²) in [6.45, 7) is 13.2. The zero-order chi connectivity index (χ0) is 35.9. The minimum atomic E-state index is -3.95. The lowest BCUT2D eigenvalue weighted by Crippen LogP contribution is -2.46. The normalized spacial score (nSPS) is 13.2. The molecule has 0 spiro atoms. The molecule has 2 aromatic heterocycles. The lowest BCUT2D eigenvalue weighted by atomic mass is 10.1. The Balaban J connectivity index is 1.60. The van der Waals surface area contributed by atoms with Gasteiger partial charge in [0, 0.05) is 19.5 Å². The molecule has 1 aromatic carbocycles. The van der Waals surface area contributed by atoms with Crippen molar-refractivity contribution in [2.45, 2.75) is 111 Å². The lowest BCUT2D eigenvalue weighted by molar-refractivity contribution is -0.910. The Morgan fingerprint density at radius 3 is 2.06 bits per heavy atom. The van der Waals surface area contributed by atoms with Gasteiger partial charge in [-0.05, 0) is 76.3 Å². The first-order valence-corrected chi connectivity index (χ1v) is 20.9. The molecule has 2 N–H and O–H groups in total. The zero-order valence-electron chi connectivity index (χ0n) is 30.6. The number of aryl methyl sites for hydroxylation is 1. The van der Waals surface area contributed by atoms with Crippen molar-refractivity contribution in [3.8, 4) is 22.1 Å². The number of aromatic hydroxyl groups is 1. The Morgan fingerprint density at radius 1 is 0.857 bits per heavy atom. The molecule has 0 aliphatic heterocycles. The third-order valence-electron chi connectivity index (χ3n) is 9.53. The van der Waals surface area contributed by atoms with Gasteiger partial charge in [0.2, 0.25) is 11.2 Å². The number of ether oxygens (including phenoxy) is 1. The van der Waals surface area contributed by atoms with Gasteiger partial charge in [-0.25, -0.2) is 0 Å². The van der Waals surface area contributed by atoms with E-state index >= 15 is 0 Å². The second kappa shape index (κ2) is 20.3. The average Bonchev–Trinajstić information content (AvgIpc) is 3.54. The summed E-state index contributed by atoms with van der Waals surface area (Å²) in [5, 5.41) is 12.2. The number of fused-ring (bicyclic) bond motifs is 1. The molecule has 276 valence electrons. The maximum Gasteiger partial charge on any atom is 0.264 e. The van der Waals surface area contributed by atoms with Crippen LogP contribution < -0.4 is 15.1 Å². The quantitative estimate of drug-likeness (QED) is 0.0506. The van der Waals surface area contributed by atoms with Crippen LogP contribution in [-0.2, 0) is 10.1 Å². The third-order valence-corrected chi connectivity index (χ3v) is 11.5. The maximum atomic E-state index is 13.3. The Labute approximate surface area is 298 Å². The molecule has 0 saturated heterocycles. The summed E-state index contributed by atoms with van der Waals surface area (Å²) >= 11 is 1.49. The molecule has 49 heavy (non-hydrogen) atoms. The predicted molar refractivity (Wildman–Crippen MR) is 204 cm³/mol. The van der Waals surface area contributed by atoms with Gasteiger partial charge in [-0.2, -0.15) is 8.42 Å². The Bertz CT molecular complexity index is 1600. The average molecular weight is 722 g/mol. The van der Waals surface area contributed by atoms with Gasteiger partial charge in [0.15, 0.2) is 5.76 Å². The first-order chi connectivity index (χ1) is 23.4. The van der Waals surface area contributed by atoms with Crippen LogP contribution in [0.1, 0.15) is 110 Å². The molecule has 0 saturated carbocycles. The van der Waals surface area contributed by atoms with Gasteiger partial charge in [-0.15, -0.1) is 11.3 Å². The number of hydrogen-bond donors (Lipinski definition) is 2. The smallest absolute Gasteiger partial charge is 0.264 e. The van der Waals surface area contributed by atoms with Gasteiger partial charge in [0.1, 0.15) is 11.3 Å². The molecule has 9 nitrogen and oxygen atoms in total. The minimum absolute atomic E-state index is 0.189. The highest BCUT2D eigenvalue weighted by atomic mass is 32.2. The van der Waals surface area contributed by atoms with Crippen molar-refractivity contribution in [1.29, 1.82) is 0 Å². The molecule has 0 amide bonds. The van der Waals surface area contributed by atoms with Crippen molar-refractivity contribution in [2.24, 2.45) is 0 Å². The molecule has 2 heterocycles. The van der Waals surface area contributed by atoms with Gasteiger partial charge in [-0.3, -0.25) is 9.35 Å². The largest absolute Gasteiger partial charge is 0.501 e. The summed E-state index contributed by atoms with van der Waals surface area (Å²) in [7, 11) is -1.72. The lowest BCUT2D eigenvalue weighted by Gasteiger charge is -2.35. The van der Waals surface area contributed by atoms with E-state index in [1.807, 2.05) is 25.1 Å². The van der Waals surface area contributed by atoms with Crippen molar-refractivity contribution in [3.63, 3.8) is 0 Å². The molecule has 1 atom stereocenters. The molecule has 1 unspecified atom stereocenters. The third kappa shape index (κ3) is 13.2. The predicted octanol–water partition coefficient (Wildman–Crippen LogP) is 9.19. The number of nitrogens with zero attached hydrogens (tertiary/aromatic N) is 2. The molecule has 3 aromatic rings. The molecule has 3 rings (SSSR count). The van der Waals surface area contributed by atoms with E-state index in [2.05, 4.69) is 32.7 Å². The van der Waals surface area contributed by atoms with Crippen molar-refractivity contribution in [2.75, 3.05) is 57.0 Å². The van der Waals surface area contributed by atoms with Crippen LogP contribution in [0.2, 0.25) is 0 Å². The molecule has 0 fully saturated rings. The summed E-state index contributed by atoms with van der Waals surface area (Å²) in [6, 6.07) is 7.39. The van der Waals surface area contributed by atoms with Crippen LogP contribution in [0.5, 0.6) is 11.5 Å². The van der Waals surface area contributed by atoms with Gasteiger partial charge < -0.3 is 23.6 Å². The highest BCUT2D eigenvalue weighted by Gasteiger charge is 2.22. The Hall–Kier alpha value is -2.60. The number of thiophene rings is 1. The van der Waals surface area contributed by atoms with E-state index in [1.165, 1.54) is 69.1 Å². The summed E-state index contributed by atoms with van der Waals surface area (Å²) in [6.07, 6.45) is 14.8. The number of unbranched alkanes of at least 4 members (excludes halogenated alkanes) is 10. The van der Waals surface area contributed by atoms with Crippen LogP contribution in [0.15, 0.2) is 33.5 Å². The number of quaternary nitrogens is 1. The Kier molecular flexibility index (Phi) is 16.9. The molecule has 0 radical (unpaired) electrons. The van der Waals surface area contributed by atoms with E-state index in [4.69, 9.17) is 13.7 Å². The fourth-order valence-electron chi connectivity index (χ4n) is 6.56. The van der Waals surface area contributed by atoms with Crippen molar-refractivity contribution in [1.82, 2.24) is 0 Å². The van der Waals surface area contributed by atoms with E-state index in [0.29, 0.717) is 29.2 Å². The first kappa shape index (κ1) is 40.8. The second-order valence-corrected chi connectivity index (χ2v) is 16.3. The molecule has 11 heteroatoms. The van der Waals surface area contributed by atoms with E-state index < -0.39 is 21.3 Å². The standard InChI is InChI=1S/C38H60N2O7S2/c1-6-9-10-11-12-13-14-15-16-17-23-40(5,24-18-19-27-49(43,44)45)25-20-26-46-31-28-30(4)37-32(29-31)35(41)36(42)38(47-37)33-21-22-34(48-33)39(7-2)8-3/h21-22,28-29H,6-20,23-27H2,1-5H3,(H-,42,43,44,45)/p+1. The van der Waals surface area contributed by atoms with Crippen LogP contribution in [0.4, 0.5) is 5.00 Å². The van der Waals surface area contributed by atoms with Crippen molar-refractivity contribution < 1.29 is 31.7 Å². The fourth-order valence-corrected chi connectivity index (χ4v) is 8.25. The van der Waals surface area contributed by atoms with Crippen LogP contribution in [-0.4, -0.2) is 74.7 Å². The topological polar surface area (TPSA) is 117 Å². The molecule has 0 aliphatic carbocycles. The monoisotopic (exact) mass is 721 g/mol. The van der Waals surface area contributed by atoms with Gasteiger partial charge in [0.05, 0.1) is 54.3 Å². The summed E-state index contributed by atoms with van der Waals surface area (Å²) < 4.78 is 44.8. The number of anilines is 1.